The van der Waals surface area contributed by atoms with E-state index in [1.807, 2.05) is 59.4 Å². The molecule has 24 heavy (non-hydrogen) atoms. The van der Waals surface area contributed by atoms with E-state index in [4.69, 9.17) is 0 Å². The molecule has 1 N–H and O–H groups in total. The first-order valence-electron chi connectivity index (χ1n) is 8.17. The van der Waals surface area contributed by atoms with Crippen LogP contribution >= 0.6 is 0 Å². The normalized spacial score (nSPS) is 10.5. The van der Waals surface area contributed by atoms with E-state index in [0.29, 0.717) is 18.7 Å². The summed E-state index contributed by atoms with van der Waals surface area (Å²) < 4.78 is 1.88. The van der Waals surface area contributed by atoms with Crippen LogP contribution in [0.5, 0.6) is 0 Å². The van der Waals surface area contributed by atoms with Crippen molar-refractivity contribution in [2.24, 2.45) is 0 Å². The highest BCUT2D eigenvalue weighted by Gasteiger charge is 2.07. The van der Waals surface area contributed by atoms with Crippen LogP contribution in [0.15, 0.2) is 67.0 Å². The second-order valence-corrected chi connectivity index (χ2v) is 5.71. The summed E-state index contributed by atoms with van der Waals surface area (Å²) in [4.78, 5) is 12.3. The van der Waals surface area contributed by atoms with Gasteiger partial charge in [-0.3, -0.25) is 9.48 Å². The Morgan fingerprint density at radius 3 is 2.46 bits per heavy atom. The number of rotatable bonds is 6. The molecule has 0 unspecified atom stereocenters. The van der Waals surface area contributed by atoms with Gasteiger partial charge in [0.25, 0.3) is 5.91 Å². The summed E-state index contributed by atoms with van der Waals surface area (Å²) in [6.07, 6.45) is 4.68. The van der Waals surface area contributed by atoms with Gasteiger partial charge in [-0.2, -0.15) is 5.10 Å². The Kier molecular flexibility index (Phi) is 5.06. The van der Waals surface area contributed by atoms with Gasteiger partial charge in [0.2, 0.25) is 0 Å². The van der Waals surface area contributed by atoms with E-state index in [2.05, 4.69) is 23.4 Å². The second-order valence-electron chi connectivity index (χ2n) is 5.71. The minimum atomic E-state index is -0.0495. The molecule has 4 nitrogen and oxygen atoms in total. The molecule has 122 valence electrons. The number of aromatic nitrogens is 2. The number of benzene rings is 2. The van der Waals surface area contributed by atoms with Crippen molar-refractivity contribution >= 4 is 5.91 Å². The summed E-state index contributed by atoms with van der Waals surface area (Å²) >= 11 is 0. The molecule has 0 aliphatic carbocycles. The Morgan fingerprint density at radius 2 is 1.79 bits per heavy atom. The van der Waals surface area contributed by atoms with Gasteiger partial charge in [-0.25, -0.2) is 0 Å². The van der Waals surface area contributed by atoms with E-state index in [0.717, 1.165) is 17.5 Å². The molecule has 3 aromatic rings. The predicted octanol–water partition coefficient (Wildman–Crippen LogP) is 3.42. The lowest BCUT2D eigenvalue weighted by atomic mass is 10.1. The number of carbonyl (C=O) groups is 1. The first-order valence-corrected chi connectivity index (χ1v) is 8.17. The number of carbonyl (C=O) groups excluding carboxylic acids is 1. The number of amides is 1. The molecule has 1 aromatic heterocycles. The molecule has 0 fully saturated rings. The molecule has 0 saturated carbocycles. The Morgan fingerprint density at radius 1 is 1.04 bits per heavy atom. The van der Waals surface area contributed by atoms with Crippen molar-refractivity contribution in [2.75, 3.05) is 0 Å². The van der Waals surface area contributed by atoms with Crippen molar-refractivity contribution in [1.82, 2.24) is 15.1 Å². The summed E-state index contributed by atoms with van der Waals surface area (Å²) in [5, 5.41) is 7.25. The van der Waals surface area contributed by atoms with Gasteiger partial charge in [-0.05, 0) is 41.3 Å². The Balaban J connectivity index is 1.66. The first-order chi connectivity index (χ1) is 11.8. The SMILES string of the molecule is CCc1ccc(C(=O)NCc2ccccc2Cn2cccn2)cc1. The Hall–Kier alpha value is -2.88. The topological polar surface area (TPSA) is 46.9 Å². The van der Waals surface area contributed by atoms with Gasteiger partial charge < -0.3 is 5.32 Å². The lowest BCUT2D eigenvalue weighted by Gasteiger charge is -2.11. The lowest BCUT2D eigenvalue weighted by Crippen LogP contribution is -2.23. The lowest BCUT2D eigenvalue weighted by molar-refractivity contribution is 0.0951. The summed E-state index contributed by atoms with van der Waals surface area (Å²) in [5.41, 5.74) is 4.18. The molecule has 0 saturated heterocycles. The average Bonchev–Trinajstić information content (AvgIpc) is 3.14. The van der Waals surface area contributed by atoms with Gasteiger partial charge in [-0.15, -0.1) is 0 Å². The van der Waals surface area contributed by atoms with E-state index in [1.54, 1.807) is 6.20 Å². The van der Waals surface area contributed by atoms with E-state index in [9.17, 15) is 4.79 Å². The number of hydrogen-bond acceptors (Lipinski definition) is 2. The number of aryl methyl sites for hydroxylation is 1. The number of nitrogens with one attached hydrogen (secondary N) is 1. The van der Waals surface area contributed by atoms with Crippen LogP contribution in [0.2, 0.25) is 0 Å². The van der Waals surface area contributed by atoms with Crippen molar-refractivity contribution in [2.45, 2.75) is 26.4 Å². The summed E-state index contributed by atoms with van der Waals surface area (Å²) in [6, 6.07) is 17.8. The average molecular weight is 319 g/mol. The molecule has 0 atom stereocenters. The molecule has 0 bridgehead atoms. The zero-order valence-electron chi connectivity index (χ0n) is 13.8. The van der Waals surface area contributed by atoms with Gasteiger partial charge >= 0.3 is 0 Å². The molecule has 3 rings (SSSR count). The molecule has 0 aliphatic heterocycles. The van der Waals surface area contributed by atoms with E-state index in [-0.39, 0.29) is 5.91 Å². The molecule has 4 heteroatoms. The number of nitrogens with zero attached hydrogens (tertiary/aromatic N) is 2. The Bertz CT molecular complexity index is 792. The zero-order chi connectivity index (χ0) is 16.8. The molecule has 0 spiro atoms. The van der Waals surface area contributed by atoms with Gasteiger partial charge in [0, 0.05) is 24.5 Å². The summed E-state index contributed by atoms with van der Waals surface area (Å²) in [7, 11) is 0. The molecule has 1 heterocycles. The van der Waals surface area contributed by atoms with E-state index < -0.39 is 0 Å². The largest absolute Gasteiger partial charge is 0.348 e. The van der Waals surface area contributed by atoms with Crippen molar-refractivity contribution < 1.29 is 4.79 Å². The highest BCUT2D eigenvalue weighted by atomic mass is 16.1. The van der Waals surface area contributed by atoms with Gasteiger partial charge in [-0.1, -0.05) is 43.3 Å². The van der Waals surface area contributed by atoms with Crippen LogP contribution in [-0.2, 0) is 19.5 Å². The molecule has 1 amide bonds. The second kappa shape index (κ2) is 7.59. The van der Waals surface area contributed by atoms with Crippen molar-refractivity contribution in [1.29, 1.82) is 0 Å². The monoisotopic (exact) mass is 319 g/mol. The summed E-state index contributed by atoms with van der Waals surface area (Å²) in [5.74, 6) is -0.0495. The fourth-order valence-electron chi connectivity index (χ4n) is 2.62. The van der Waals surface area contributed by atoms with Crippen molar-refractivity contribution in [3.05, 3.63) is 89.2 Å². The maximum Gasteiger partial charge on any atom is 0.251 e. The van der Waals surface area contributed by atoms with Crippen LogP contribution in [0.1, 0.15) is 34.0 Å². The molecule has 2 aromatic carbocycles. The van der Waals surface area contributed by atoms with Crippen LogP contribution in [0.25, 0.3) is 0 Å². The molecular formula is C20H21N3O. The minimum absolute atomic E-state index is 0.0495. The summed E-state index contributed by atoms with van der Waals surface area (Å²) in [6.45, 7) is 3.31. The van der Waals surface area contributed by atoms with E-state index >= 15 is 0 Å². The maximum atomic E-state index is 12.3. The third-order valence-corrected chi connectivity index (χ3v) is 4.07. The smallest absolute Gasteiger partial charge is 0.251 e. The fourth-order valence-corrected chi connectivity index (χ4v) is 2.62. The molecular weight excluding hydrogens is 298 g/mol. The maximum absolute atomic E-state index is 12.3. The minimum Gasteiger partial charge on any atom is -0.348 e. The van der Waals surface area contributed by atoms with Crippen molar-refractivity contribution in [3.8, 4) is 0 Å². The van der Waals surface area contributed by atoms with E-state index in [1.165, 1.54) is 5.56 Å². The van der Waals surface area contributed by atoms with Crippen LogP contribution in [0, 0.1) is 0 Å². The highest BCUT2D eigenvalue weighted by molar-refractivity contribution is 5.94. The van der Waals surface area contributed by atoms with Crippen molar-refractivity contribution in [3.63, 3.8) is 0 Å². The zero-order valence-corrected chi connectivity index (χ0v) is 13.8. The van der Waals surface area contributed by atoms with Crippen LogP contribution in [0.4, 0.5) is 0 Å². The third-order valence-electron chi connectivity index (χ3n) is 4.07. The molecule has 0 radical (unpaired) electrons. The standard InChI is InChI=1S/C20H21N3O/c1-2-16-8-10-17(11-9-16)20(24)21-14-18-6-3-4-7-19(18)15-23-13-5-12-22-23/h3-13H,2,14-15H2,1H3,(H,21,24). The quantitative estimate of drug-likeness (QED) is 0.757. The number of hydrogen-bond donors (Lipinski definition) is 1. The van der Waals surface area contributed by atoms with Gasteiger partial charge in [0.15, 0.2) is 0 Å². The highest BCUT2D eigenvalue weighted by Crippen LogP contribution is 2.11. The van der Waals surface area contributed by atoms with Gasteiger partial charge in [0.05, 0.1) is 6.54 Å². The third kappa shape index (κ3) is 3.90. The fraction of sp³-hybridized carbons (Fsp3) is 0.200. The van der Waals surface area contributed by atoms with Crippen LogP contribution < -0.4 is 5.32 Å². The Labute approximate surface area is 142 Å². The van der Waals surface area contributed by atoms with Crippen LogP contribution in [0.3, 0.4) is 0 Å². The predicted molar refractivity (Wildman–Crippen MR) is 94.8 cm³/mol. The molecule has 0 aliphatic rings. The first kappa shape index (κ1) is 16.0. The van der Waals surface area contributed by atoms with Gasteiger partial charge in [0.1, 0.15) is 0 Å². The van der Waals surface area contributed by atoms with Crippen LogP contribution in [-0.4, -0.2) is 15.7 Å².